The molecule has 2 heterocycles. The number of hydrogen-bond acceptors (Lipinski definition) is 6. The van der Waals surface area contributed by atoms with Crippen LogP contribution >= 0.6 is 11.8 Å². The fourth-order valence-electron chi connectivity index (χ4n) is 2.77. The van der Waals surface area contributed by atoms with Gasteiger partial charge in [-0.2, -0.15) is 5.26 Å². The highest BCUT2D eigenvalue weighted by Gasteiger charge is 2.34. The molecule has 0 atom stereocenters. The zero-order chi connectivity index (χ0) is 18.7. The van der Waals surface area contributed by atoms with Crippen LogP contribution in [-0.2, 0) is 6.42 Å². The maximum absolute atomic E-state index is 12.3. The van der Waals surface area contributed by atoms with Crippen molar-refractivity contribution in [3.8, 4) is 6.07 Å². The van der Waals surface area contributed by atoms with Crippen molar-refractivity contribution in [2.45, 2.75) is 24.9 Å². The highest BCUT2D eigenvalue weighted by atomic mass is 32.2. The molecule has 0 spiro atoms. The Bertz CT molecular complexity index is 942. The largest absolute Gasteiger partial charge is 0.300 e. The third-order valence-electron chi connectivity index (χ3n) is 4.06. The molecule has 0 saturated heterocycles. The molecule has 3 rings (SSSR count). The molecule has 26 heavy (non-hydrogen) atoms. The van der Waals surface area contributed by atoms with Gasteiger partial charge in [0.15, 0.2) is 5.16 Å². The number of nitriles is 1. The molecule has 2 amide bonds. The normalized spacial score (nSPS) is 13.0. The Morgan fingerprint density at radius 3 is 2.42 bits per heavy atom. The molecule has 1 aliphatic rings. The van der Waals surface area contributed by atoms with Crippen molar-refractivity contribution in [3.63, 3.8) is 0 Å². The van der Waals surface area contributed by atoms with Crippen molar-refractivity contribution in [1.29, 1.82) is 5.26 Å². The second-order valence-electron chi connectivity index (χ2n) is 5.67. The standard InChI is InChI=1S/C18H16N4O3S/c1-2-14-13(10-19)15(23)21-18(20-14)26-9-5-8-22-16(24)11-6-3-4-7-12(11)17(22)25/h3-4,6-7H,2,5,8-9H2,1H3,(H,20,21,23). The molecule has 132 valence electrons. The number of nitrogens with one attached hydrogen (secondary N) is 1. The Labute approximate surface area is 154 Å². The minimum atomic E-state index is -0.442. The van der Waals surface area contributed by atoms with Crippen molar-refractivity contribution < 1.29 is 9.59 Å². The molecule has 0 bridgehead atoms. The zero-order valence-electron chi connectivity index (χ0n) is 14.1. The third kappa shape index (κ3) is 3.26. The van der Waals surface area contributed by atoms with Gasteiger partial charge < -0.3 is 4.98 Å². The summed E-state index contributed by atoms with van der Waals surface area (Å²) in [7, 11) is 0. The molecule has 0 fully saturated rings. The molecule has 8 heteroatoms. The fourth-order valence-corrected chi connectivity index (χ4v) is 3.58. The van der Waals surface area contributed by atoms with Crippen LogP contribution in [0.15, 0.2) is 34.2 Å². The van der Waals surface area contributed by atoms with Crippen LogP contribution in [0.25, 0.3) is 0 Å². The minimum absolute atomic E-state index is 0.0443. The molecule has 1 aromatic carbocycles. The topological polar surface area (TPSA) is 107 Å². The number of nitrogens with zero attached hydrogens (tertiary/aromatic N) is 3. The van der Waals surface area contributed by atoms with E-state index in [0.29, 0.717) is 47.1 Å². The average Bonchev–Trinajstić information content (AvgIpc) is 2.89. The van der Waals surface area contributed by atoms with Crippen molar-refractivity contribution in [2.75, 3.05) is 12.3 Å². The van der Waals surface area contributed by atoms with E-state index < -0.39 is 5.56 Å². The first-order valence-corrected chi connectivity index (χ1v) is 9.16. The van der Waals surface area contributed by atoms with Crippen LogP contribution in [0.3, 0.4) is 0 Å². The lowest BCUT2D eigenvalue weighted by atomic mass is 10.1. The first-order valence-electron chi connectivity index (χ1n) is 8.18. The molecule has 1 N–H and O–H groups in total. The number of rotatable bonds is 6. The Balaban J connectivity index is 1.60. The van der Waals surface area contributed by atoms with E-state index in [-0.39, 0.29) is 17.4 Å². The molecule has 0 saturated carbocycles. The Morgan fingerprint density at radius 1 is 1.19 bits per heavy atom. The van der Waals surface area contributed by atoms with Crippen LogP contribution in [0.4, 0.5) is 0 Å². The number of carbonyl (C=O) groups excluding carboxylic acids is 2. The summed E-state index contributed by atoms with van der Waals surface area (Å²) < 4.78 is 0. The summed E-state index contributed by atoms with van der Waals surface area (Å²) >= 11 is 1.33. The summed E-state index contributed by atoms with van der Waals surface area (Å²) in [6, 6.07) is 8.65. The zero-order valence-corrected chi connectivity index (χ0v) is 14.9. The van der Waals surface area contributed by atoms with Gasteiger partial charge in [0.2, 0.25) is 0 Å². The number of aryl methyl sites for hydroxylation is 1. The van der Waals surface area contributed by atoms with Crippen LogP contribution in [0.5, 0.6) is 0 Å². The smallest absolute Gasteiger partial charge is 0.269 e. The van der Waals surface area contributed by atoms with Crippen molar-refractivity contribution in [3.05, 3.63) is 57.0 Å². The number of amides is 2. The predicted octanol–water partition coefficient (Wildman–Crippen LogP) is 1.98. The van der Waals surface area contributed by atoms with Crippen LogP contribution in [0.1, 0.15) is 45.3 Å². The molecule has 0 aliphatic carbocycles. The van der Waals surface area contributed by atoms with Gasteiger partial charge in [-0.05, 0) is 25.0 Å². The molecule has 0 radical (unpaired) electrons. The number of hydrogen-bond donors (Lipinski definition) is 1. The number of fused-ring (bicyclic) bond motifs is 1. The van der Waals surface area contributed by atoms with E-state index in [1.54, 1.807) is 24.3 Å². The highest BCUT2D eigenvalue weighted by Crippen LogP contribution is 2.23. The number of imide groups is 1. The van der Waals surface area contributed by atoms with Crippen LogP contribution in [0.2, 0.25) is 0 Å². The second kappa shape index (κ2) is 7.54. The van der Waals surface area contributed by atoms with Gasteiger partial charge in [0.05, 0.1) is 16.8 Å². The maximum atomic E-state index is 12.3. The summed E-state index contributed by atoms with van der Waals surface area (Å²) in [5.41, 5.74) is 0.954. The number of aromatic amines is 1. The van der Waals surface area contributed by atoms with Crippen LogP contribution in [0, 0.1) is 11.3 Å². The molecule has 1 aliphatic heterocycles. The van der Waals surface area contributed by atoms with E-state index in [2.05, 4.69) is 9.97 Å². The van der Waals surface area contributed by atoms with Crippen molar-refractivity contribution >= 4 is 23.6 Å². The highest BCUT2D eigenvalue weighted by molar-refractivity contribution is 7.99. The van der Waals surface area contributed by atoms with Gasteiger partial charge in [-0.3, -0.25) is 19.3 Å². The monoisotopic (exact) mass is 368 g/mol. The minimum Gasteiger partial charge on any atom is -0.300 e. The van der Waals surface area contributed by atoms with E-state index in [9.17, 15) is 14.4 Å². The number of aromatic nitrogens is 2. The quantitative estimate of drug-likeness (QED) is 0.362. The van der Waals surface area contributed by atoms with E-state index in [1.165, 1.54) is 16.7 Å². The average molecular weight is 368 g/mol. The summed E-state index contributed by atoms with van der Waals surface area (Å²) in [5.74, 6) is 0.0355. The van der Waals surface area contributed by atoms with Crippen molar-refractivity contribution in [2.24, 2.45) is 0 Å². The summed E-state index contributed by atoms with van der Waals surface area (Å²) in [5, 5.41) is 9.43. The van der Waals surface area contributed by atoms with E-state index in [1.807, 2.05) is 13.0 Å². The lowest BCUT2D eigenvalue weighted by Gasteiger charge is -2.13. The van der Waals surface area contributed by atoms with Gasteiger partial charge in [-0.15, -0.1) is 0 Å². The summed E-state index contributed by atoms with van der Waals surface area (Å²) in [6.45, 7) is 2.14. The number of carbonyl (C=O) groups is 2. The van der Waals surface area contributed by atoms with Crippen molar-refractivity contribution in [1.82, 2.24) is 14.9 Å². The van der Waals surface area contributed by atoms with Gasteiger partial charge in [0, 0.05) is 12.3 Å². The lowest BCUT2D eigenvalue weighted by molar-refractivity contribution is 0.0655. The first kappa shape index (κ1) is 17.9. The summed E-state index contributed by atoms with van der Waals surface area (Å²) in [6.07, 6.45) is 1.07. The van der Waals surface area contributed by atoms with Gasteiger partial charge in [-0.25, -0.2) is 4.98 Å². The van der Waals surface area contributed by atoms with Gasteiger partial charge in [0.25, 0.3) is 17.4 Å². The SMILES string of the molecule is CCc1nc(SCCCN2C(=O)c3ccccc3C2=O)[nH]c(=O)c1C#N. The molecule has 7 nitrogen and oxygen atoms in total. The van der Waals surface area contributed by atoms with Crippen LogP contribution in [-0.4, -0.2) is 39.0 Å². The third-order valence-corrected chi connectivity index (χ3v) is 5.02. The number of thioether (sulfide) groups is 1. The molecule has 1 aromatic heterocycles. The number of benzene rings is 1. The lowest BCUT2D eigenvalue weighted by Crippen LogP contribution is -2.31. The summed E-state index contributed by atoms with van der Waals surface area (Å²) in [4.78, 5) is 44.6. The Morgan fingerprint density at radius 2 is 1.85 bits per heavy atom. The maximum Gasteiger partial charge on any atom is 0.269 e. The van der Waals surface area contributed by atoms with E-state index in [0.717, 1.165) is 0 Å². The van der Waals surface area contributed by atoms with Crippen LogP contribution < -0.4 is 5.56 Å². The molecule has 2 aromatic rings. The van der Waals surface area contributed by atoms with E-state index >= 15 is 0 Å². The van der Waals surface area contributed by atoms with Gasteiger partial charge in [0.1, 0.15) is 11.6 Å². The van der Waals surface area contributed by atoms with Gasteiger partial charge in [-0.1, -0.05) is 30.8 Å². The number of H-pyrrole nitrogens is 1. The van der Waals surface area contributed by atoms with E-state index in [4.69, 9.17) is 5.26 Å². The second-order valence-corrected chi connectivity index (χ2v) is 6.75. The molecular formula is C18H16N4O3S. The van der Waals surface area contributed by atoms with Gasteiger partial charge >= 0.3 is 0 Å². The Hall–Kier alpha value is -2.92. The predicted molar refractivity (Wildman–Crippen MR) is 96.1 cm³/mol. The molecular weight excluding hydrogens is 352 g/mol. The Kier molecular flexibility index (Phi) is 5.19. The first-order chi connectivity index (χ1) is 12.6. The molecule has 0 unspecified atom stereocenters. The fraction of sp³-hybridized carbons (Fsp3) is 0.278.